The summed E-state index contributed by atoms with van der Waals surface area (Å²) < 4.78 is 10.7. The van der Waals surface area contributed by atoms with Crippen molar-refractivity contribution in [1.29, 1.82) is 0 Å². The first-order valence-corrected chi connectivity index (χ1v) is 8.98. The molecule has 2 rings (SSSR count). The van der Waals surface area contributed by atoms with Crippen LogP contribution in [0.25, 0.3) is 11.0 Å². The number of methoxy groups -OCH3 is 1. The molecule has 28 heavy (non-hydrogen) atoms. The average molecular weight is 389 g/mol. The second-order valence-corrected chi connectivity index (χ2v) is 6.06. The van der Waals surface area contributed by atoms with E-state index in [1.165, 1.54) is 0 Å². The third kappa shape index (κ3) is 5.63. The molecule has 1 aromatic heterocycles. The highest BCUT2D eigenvalue weighted by atomic mass is 16.5. The summed E-state index contributed by atoms with van der Waals surface area (Å²) in [6.07, 6.45) is 0.838. The van der Waals surface area contributed by atoms with E-state index in [9.17, 15) is 19.2 Å². The highest BCUT2D eigenvalue weighted by Crippen LogP contribution is 2.12. The molecule has 9 nitrogen and oxygen atoms in total. The van der Waals surface area contributed by atoms with E-state index in [0.717, 1.165) is 25.5 Å². The number of nitrogens with zero attached hydrogens (tertiary/aromatic N) is 2. The molecule has 2 aromatic rings. The second-order valence-electron chi connectivity index (χ2n) is 6.06. The predicted molar refractivity (Wildman–Crippen MR) is 101 cm³/mol. The molecule has 0 atom stereocenters. The van der Waals surface area contributed by atoms with Gasteiger partial charge < -0.3 is 14.0 Å². The molecule has 2 amide bonds. The van der Waals surface area contributed by atoms with Gasteiger partial charge in [-0.15, -0.1) is 0 Å². The highest BCUT2D eigenvalue weighted by Gasteiger charge is 2.14. The Hall–Kier alpha value is -3.23. The Bertz CT molecular complexity index is 922. The lowest BCUT2D eigenvalue weighted by molar-refractivity contribution is -0.148. The number of amides is 2. The quantitative estimate of drug-likeness (QED) is 0.681. The van der Waals surface area contributed by atoms with Gasteiger partial charge in [0.05, 0.1) is 24.6 Å². The van der Waals surface area contributed by atoms with Crippen molar-refractivity contribution in [2.45, 2.75) is 39.2 Å². The number of carbonyl (C=O) groups is 3. The molecule has 0 spiro atoms. The topological polar surface area (TPSA) is 117 Å². The fourth-order valence-corrected chi connectivity index (χ4v) is 2.59. The zero-order valence-electron chi connectivity index (χ0n) is 15.9. The number of ether oxygens (including phenoxy) is 2. The van der Waals surface area contributed by atoms with E-state index in [2.05, 4.69) is 9.72 Å². The maximum atomic E-state index is 12.8. The Kier molecular flexibility index (Phi) is 7.67. The maximum absolute atomic E-state index is 12.8. The van der Waals surface area contributed by atoms with Crippen LogP contribution >= 0.6 is 0 Å². The van der Waals surface area contributed by atoms with Crippen LogP contribution in [0.4, 0.5) is 4.79 Å². The molecule has 1 heterocycles. The molecule has 0 bridgehead atoms. The van der Waals surface area contributed by atoms with E-state index in [1.54, 1.807) is 4.57 Å². The van der Waals surface area contributed by atoms with E-state index >= 15 is 0 Å². The minimum absolute atomic E-state index is 0.0905. The number of benzene rings is 1. The van der Waals surface area contributed by atoms with Gasteiger partial charge in [0, 0.05) is 13.0 Å². The summed E-state index contributed by atoms with van der Waals surface area (Å²) in [6, 6.07) is 7.35. The van der Waals surface area contributed by atoms with E-state index in [0.29, 0.717) is 12.1 Å². The molecular formula is C19H23N3O6. The van der Waals surface area contributed by atoms with Crippen molar-refractivity contribution in [3.05, 3.63) is 40.3 Å². The smallest absolute Gasteiger partial charge is 0.413 e. The number of unbranched alkanes of at least 4 members (excludes halogenated alkanes) is 1. The summed E-state index contributed by atoms with van der Waals surface area (Å²) in [5, 5.41) is 1.87. The summed E-state index contributed by atoms with van der Waals surface area (Å²) in [5.41, 5.74) is 1.47. The molecule has 0 saturated carbocycles. The number of aromatic nitrogens is 2. The Morgan fingerprint density at radius 2 is 1.96 bits per heavy atom. The number of hydrogen-bond acceptors (Lipinski definition) is 7. The second kappa shape index (κ2) is 10.2. The van der Waals surface area contributed by atoms with E-state index in [4.69, 9.17) is 4.74 Å². The first kappa shape index (κ1) is 21.1. The Labute approximate surface area is 161 Å². The standard InChI is InChI=1S/C19H23N3O6/c1-3-4-11-22-15-8-6-5-7-13(15)20-14(18(22)25)9-10-17(24)28-12-16(23)21-19(26)27-2/h5-8H,3-4,9-12H2,1-2H3,(H,21,23,26). The van der Waals surface area contributed by atoms with Gasteiger partial charge in [0.2, 0.25) is 0 Å². The molecular weight excluding hydrogens is 366 g/mol. The predicted octanol–water partition coefficient (Wildman–Crippen LogP) is 1.56. The number of imide groups is 1. The van der Waals surface area contributed by atoms with E-state index in [1.807, 2.05) is 36.5 Å². The molecule has 9 heteroatoms. The van der Waals surface area contributed by atoms with Crippen molar-refractivity contribution in [1.82, 2.24) is 14.9 Å². The monoisotopic (exact) mass is 389 g/mol. The number of carbonyl (C=O) groups excluding carboxylic acids is 3. The Morgan fingerprint density at radius 3 is 2.68 bits per heavy atom. The summed E-state index contributed by atoms with van der Waals surface area (Å²) >= 11 is 0. The summed E-state index contributed by atoms with van der Waals surface area (Å²) in [6.45, 7) is 2.00. The van der Waals surface area contributed by atoms with Crippen molar-refractivity contribution < 1.29 is 23.9 Å². The van der Waals surface area contributed by atoms with Crippen molar-refractivity contribution in [2.24, 2.45) is 0 Å². The van der Waals surface area contributed by atoms with Gasteiger partial charge in [0.25, 0.3) is 11.5 Å². The van der Waals surface area contributed by atoms with Crippen molar-refractivity contribution >= 4 is 29.0 Å². The van der Waals surface area contributed by atoms with Crippen LogP contribution in [0.5, 0.6) is 0 Å². The number of aryl methyl sites for hydroxylation is 2. The summed E-state index contributed by atoms with van der Waals surface area (Å²) in [4.78, 5) is 51.3. The lowest BCUT2D eigenvalue weighted by atomic mass is 10.2. The van der Waals surface area contributed by atoms with Crippen molar-refractivity contribution in [2.75, 3.05) is 13.7 Å². The van der Waals surface area contributed by atoms with Crippen LogP contribution in [0.15, 0.2) is 29.1 Å². The van der Waals surface area contributed by atoms with Gasteiger partial charge in [-0.3, -0.25) is 19.7 Å². The van der Waals surface area contributed by atoms with Crippen LogP contribution in [0, 0.1) is 0 Å². The van der Waals surface area contributed by atoms with Crippen LogP contribution < -0.4 is 10.9 Å². The maximum Gasteiger partial charge on any atom is 0.413 e. The first-order valence-electron chi connectivity index (χ1n) is 8.98. The van der Waals surface area contributed by atoms with E-state index in [-0.39, 0.29) is 24.1 Å². The van der Waals surface area contributed by atoms with Crippen LogP contribution in [0.3, 0.4) is 0 Å². The molecule has 0 unspecified atom stereocenters. The number of alkyl carbamates (subject to hydrolysis) is 1. The zero-order chi connectivity index (χ0) is 20.5. The molecule has 1 aromatic carbocycles. The van der Waals surface area contributed by atoms with Gasteiger partial charge in [-0.2, -0.15) is 0 Å². The van der Waals surface area contributed by atoms with E-state index < -0.39 is 24.6 Å². The van der Waals surface area contributed by atoms with Crippen LogP contribution in [0.1, 0.15) is 31.9 Å². The number of fused-ring (bicyclic) bond motifs is 1. The lowest BCUT2D eigenvalue weighted by Crippen LogP contribution is -2.34. The SMILES string of the molecule is CCCCn1c(=O)c(CCC(=O)OCC(=O)NC(=O)OC)nc2ccccc21. The number of nitrogens with one attached hydrogen (secondary N) is 1. The molecule has 0 fully saturated rings. The summed E-state index contributed by atoms with van der Waals surface area (Å²) in [5.74, 6) is -1.47. The zero-order valence-corrected chi connectivity index (χ0v) is 15.9. The first-order chi connectivity index (χ1) is 13.5. The third-order valence-electron chi connectivity index (χ3n) is 4.01. The summed E-state index contributed by atoms with van der Waals surface area (Å²) in [7, 11) is 1.11. The largest absolute Gasteiger partial charge is 0.456 e. The van der Waals surface area contributed by atoms with Gasteiger partial charge >= 0.3 is 12.1 Å². The molecule has 0 aliphatic rings. The molecule has 1 N–H and O–H groups in total. The number of rotatable bonds is 8. The number of para-hydroxylation sites is 2. The van der Waals surface area contributed by atoms with Crippen LogP contribution in [-0.2, 0) is 32.0 Å². The van der Waals surface area contributed by atoms with Gasteiger partial charge in [0.1, 0.15) is 5.69 Å². The van der Waals surface area contributed by atoms with Crippen molar-refractivity contribution in [3.8, 4) is 0 Å². The van der Waals surface area contributed by atoms with Gasteiger partial charge in [-0.1, -0.05) is 25.5 Å². The van der Waals surface area contributed by atoms with Crippen LogP contribution in [0.2, 0.25) is 0 Å². The number of esters is 1. The van der Waals surface area contributed by atoms with Crippen molar-refractivity contribution in [3.63, 3.8) is 0 Å². The molecule has 0 aliphatic carbocycles. The molecule has 0 radical (unpaired) electrons. The van der Waals surface area contributed by atoms with Gasteiger partial charge in [-0.05, 0) is 18.6 Å². The fraction of sp³-hybridized carbons (Fsp3) is 0.421. The van der Waals surface area contributed by atoms with Crippen LogP contribution in [-0.4, -0.2) is 41.2 Å². The Balaban J connectivity index is 2.04. The minimum Gasteiger partial charge on any atom is -0.456 e. The van der Waals surface area contributed by atoms with Gasteiger partial charge in [-0.25, -0.2) is 9.78 Å². The Morgan fingerprint density at radius 1 is 1.21 bits per heavy atom. The normalized spacial score (nSPS) is 10.5. The molecule has 0 aliphatic heterocycles. The average Bonchev–Trinajstić information content (AvgIpc) is 2.70. The fourth-order valence-electron chi connectivity index (χ4n) is 2.59. The highest BCUT2D eigenvalue weighted by molar-refractivity contribution is 5.93. The lowest BCUT2D eigenvalue weighted by Gasteiger charge is -2.12. The third-order valence-corrected chi connectivity index (χ3v) is 4.01. The number of hydrogen-bond donors (Lipinski definition) is 1. The minimum atomic E-state index is -0.936. The molecule has 150 valence electrons. The molecule has 0 saturated heterocycles. The van der Waals surface area contributed by atoms with Gasteiger partial charge in [0.15, 0.2) is 6.61 Å².